The van der Waals surface area contributed by atoms with Gasteiger partial charge in [-0.1, -0.05) is 11.6 Å². The fraction of sp³-hybridized carbons (Fsp3) is 0.615. The summed E-state index contributed by atoms with van der Waals surface area (Å²) in [5, 5.41) is 10.2. The summed E-state index contributed by atoms with van der Waals surface area (Å²) < 4.78 is 6.79. The molecule has 106 valence electrons. The highest BCUT2D eigenvalue weighted by Gasteiger charge is 2.29. The van der Waals surface area contributed by atoms with Crippen molar-refractivity contribution in [2.45, 2.75) is 25.0 Å². The van der Waals surface area contributed by atoms with Crippen LogP contribution in [0.3, 0.4) is 0 Å². The molecule has 19 heavy (non-hydrogen) atoms. The van der Waals surface area contributed by atoms with Gasteiger partial charge >= 0.3 is 0 Å². The van der Waals surface area contributed by atoms with Crippen LogP contribution in [-0.2, 0) is 4.74 Å². The second-order valence-corrected chi connectivity index (χ2v) is 5.41. The SMILES string of the molecule is COCC(O)CN(C)C(=O)c1cc(Cl)cn1C1CC1. The van der Waals surface area contributed by atoms with E-state index in [2.05, 4.69) is 0 Å². The third-order valence-corrected chi connectivity index (χ3v) is 3.37. The maximum Gasteiger partial charge on any atom is 0.270 e. The van der Waals surface area contributed by atoms with Gasteiger partial charge in [0.1, 0.15) is 5.69 Å². The third-order valence-electron chi connectivity index (χ3n) is 3.16. The van der Waals surface area contributed by atoms with Crippen LogP contribution in [0.2, 0.25) is 5.02 Å². The summed E-state index contributed by atoms with van der Waals surface area (Å²) in [7, 11) is 3.18. The van der Waals surface area contributed by atoms with Crippen LogP contribution >= 0.6 is 11.6 Å². The lowest BCUT2D eigenvalue weighted by atomic mass is 10.3. The number of nitrogens with zero attached hydrogens (tertiary/aromatic N) is 2. The van der Waals surface area contributed by atoms with E-state index in [-0.39, 0.29) is 19.1 Å². The predicted octanol–water partition coefficient (Wildman–Crippen LogP) is 1.56. The molecular weight excluding hydrogens is 268 g/mol. The Morgan fingerprint density at radius 3 is 2.95 bits per heavy atom. The van der Waals surface area contributed by atoms with Crippen molar-refractivity contribution in [3.8, 4) is 0 Å². The van der Waals surface area contributed by atoms with E-state index in [4.69, 9.17) is 16.3 Å². The second-order valence-electron chi connectivity index (χ2n) is 4.98. The minimum Gasteiger partial charge on any atom is -0.389 e. The Morgan fingerprint density at radius 1 is 1.68 bits per heavy atom. The van der Waals surface area contributed by atoms with E-state index in [1.165, 1.54) is 12.0 Å². The standard InChI is InChI=1S/C13H19ClN2O3/c1-15(7-11(17)8-19-2)13(18)12-5-9(14)6-16(12)10-3-4-10/h5-6,10-11,17H,3-4,7-8H2,1-2H3. The molecule has 0 bridgehead atoms. The fourth-order valence-corrected chi connectivity index (χ4v) is 2.32. The van der Waals surface area contributed by atoms with Gasteiger partial charge in [0.2, 0.25) is 0 Å². The Kier molecular flexibility index (Phi) is 4.50. The van der Waals surface area contributed by atoms with Crippen LogP contribution in [0.5, 0.6) is 0 Å². The van der Waals surface area contributed by atoms with E-state index in [0.29, 0.717) is 16.8 Å². The lowest BCUT2D eigenvalue weighted by Gasteiger charge is -2.21. The molecule has 0 aromatic carbocycles. The molecule has 1 fully saturated rings. The van der Waals surface area contributed by atoms with E-state index in [1.54, 1.807) is 19.3 Å². The summed E-state index contributed by atoms with van der Waals surface area (Å²) in [6.07, 6.45) is 3.29. The number of halogens is 1. The van der Waals surface area contributed by atoms with Gasteiger partial charge in [-0.25, -0.2) is 0 Å². The molecule has 1 amide bonds. The Labute approximate surface area is 117 Å². The zero-order valence-electron chi connectivity index (χ0n) is 11.2. The number of aliphatic hydroxyl groups excluding tert-OH is 1. The van der Waals surface area contributed by atoms with Crippen LogP contribution in [0.4, 0.5) is 0 Å². The molecule has 1 saturated carbocycles. The summed E-state index contributed by atoms with van der Waals surface area (Å²) in [4.78, 5) is 13.8. The first-order valence-electron chi connectivity index (χ1n) is 6.32. The van der Waals surface area contributed by atoms with Gasteiger partial charge in [0, 0.05) is 32.9 Å². The van der Waals surface area contributed by atoms with Crippen molar-refractivity contribution in [3.63, 3.8) is 0 Å². The molecule has 1 aliphatic carbocycles. The first-order valence-corrected chi connectivity index (χ1v) is 6.70. The molecule has 0 radical (unpaired) electrons. The molecule has 1 aliphatic rings. The molecule has 5 nitrogen and oxygen atoms in total. The maximum atomic E-state index is 12.3. The first-order chi connectivity index (χ1) is 9.02. The van der Waals surface area contributed by atoms with Crippen LogP contribution in [0.1, 0.15) is 29.4 Å². The number of aromatic nitrogens is 1. The fourth-order valence-electron chi connectivity index (χ4n) is 2.11. The monoisotopic (exact) mass is 286 g/mol. The van der Waals surface area contributed by atoms with Gasteiger partial charge in [0.05, 0.1) is 17.7 Å². The summed E-state index contributed by atoms with van der Waals surface area (Å²) in [6, 6.07) is 2.07. The number of amides is 1. The third kappa shape index (κ3) is 3.49. The van der Waals surface area contributed by atoms with Crippen molar-refractivity contribution in [3.05, 3.63) is 23.0 Å². The van der Waals surface area contributed by atoms with Crippen molar-refractivity contribution in [2.75, 3.05) is 27.3 Å². The zero-order chi connectivity index (χ0) is 14.0. The van der Waals surface area contributed by atoms with Crippen LogP contribution < -0.4 is 0 Å². The van der Waals surface area contributed by atoms with E-state index < -0.39 is 6.10 Å². The Morgan fingerprint density at radius 2 is 2.37 bits per heavy atom. The number of carbonyl (C=O) groups is 1. The highest BCUT2D eigenvalue weighted by atomic mass is 35.5. The van der Waals surface area contributed by atoms with Crippen molar-refractivity contribution >= 4 is 17.5 Å². The number of hydrogen-bond acceptors (Lipinski definition) is 3. The molecule has 6 heteroatoms. The van der Waals surface area contributed by atoms with E-state index in [1.807, 2.05) is 4.57 Å². The lowest BCUT2D eigenvalue weighted by Crippen LogP contribution is -2.37. The van der Waals surface area contributed by atoms with Gasteiger partial charge in [0.15, 0.2) is 0 Å². The molecule has 0 spiro atoms. The molecule has 1 aromatic heterocycles. The van der Waals surface area contributed by atoms with Crippen LogP contribution in [-0.4, -0.2) is 53.9 Å². The maximum absolute atomic E-state index is 12.3. The number of ether oxygens (including phenoxy) is 1. The van der Waals surface area contributed by atoms with Gasteiger partial charge in [-0.3, -0.25) is 4.79 Å². The van der Waals surface area contributed by atoms with E-state index in [9.17, 15) is 9.90 Å². The molecule has 2 rings (SSSR count). The zero-order valence-corrected chi connectivity index (χ0v) is 11.9. The number of likely N-dealkylation sites (N-methyl/N-ethyl adjacent to an activating group) is 1. The lowest BCUT2D eigenvalue weighted by molar-refractivity contribution is 0.0376. The van der Waals surface area contributed by atoms with Gasteiger partial charge in [-0.2, -0.15) is 0 Å². The smallest absolute Gasteiger partial charge is 0.270 e. The molecular formula is C13H19ClN2O3. The van der Waals surface area contributed by atoms with Crippen molar-refractivity contribution in [1.29, 1.82) is 0 Å². The largest absolute Gasteiger partial charge is 0.389 e. The summed E-state index contributed by atoms with van der Waals surface area (Å²) >= 11 is 5.98. The van der Waals surface area contributed by atoms with E-state index >= 15 is 0 Å². The Hall–Kier alpha value is -1.04. The number of aliphatic hydroxyl groups is 1. The van der Waals surface area contributed by atoms with Crippen molar-refractivity contribution in [1.82, 2.24) is 9.47 Å². The number of rotatable bonds is 6. The summed E-state index contributed by atoms with van der Waals surface area (Å²) in [5.74, 6) is -0.131. The predicted molar refractivity (Wildman–Crippen MR) is 72.6 cm³/mol. The van der Waals surface area contributed by atoms with E-state index in [0.717, 1.165) is 12.8 Å². The minimum absolute atomic E-state index is 0.131. The van der Waals surface area contributed by atoms with Crippen LogP contribution in [0.25, 0.3) is 0 Å². The topological polar surface area (TPSA) is 54.7 Å². The average molecular weight is 287 g/mol. The second kappa shape index (κ2) is 5.94. The normalized spacial score (nSPS) is 16.4. The number of methoxy groups -OCH3 is 1. The molecule has 0 aliphatic heterocycles. The van der Waals surface area contributed by atoms with Gasteiger partial charge in [-0.05, 0) is 18.9 Å². The highest BCUT2D eigenvalue weighted by molar-refractivity contribution is 6.31. The van der Waals surface area contributed by atoms with Gasteiger partial charge < -0.3 is 19.3 Å². The van der Waals surface area contributed by atoms with Gasteiger partial charge in [0.25, 0.3) is 5.91 Å². The average Bonchev–Trinajstić information content (AvgIpc) is 3.12. The molecule has 1 atom stereocenters. The number of carbonyl (C=O) groups excluding carboxylic acids is 1. The number of hydrogen-bond donors (Lipinski definition) is 1. The minimum atomic E-state index is -0.682. The molecule has 1 unspecified atom stereocenters. The summed E-state index contributed by atoms with van der Waals surface area (Å²) in [5.41, 5.74) is 0.583. The molecule has 1 heterocycles. The first kappa shape index (κ1) is 14.4. The molecule has 0 saturated heterocycles. The molecule has 1 N–H and O–H groups in total. The molecule has 1 aromatic rings. The highest BCUT2D eigenvalue weighted by Crippen LogP contribution is 2.37. The Bertz CT molecular complexity index is 457. The Balaban J connectivity index is 2.06. The van der Waals surface area contributed by atoms with Gasteiger partial charge in [-0.15, -0.1) is 0 Å². The van der Waals surface area contributed by atoms with Crippen LogP contribution in [0.15, 0.2) is 12.3 Å². The summed E-state index contributed by atoms with van der Waals surface area (Å²) in [6.45, 7) is 0.447. The van der Waals surface area contributed by atoms with Crippen molar-refractivity contribution in [2.24, 2.45) is 0 Å². The quantitative estimate of drug-likeness (QED) is 0.863. The van der Waals surface area contributed by atoms with Crippen LogP contribution in [0, 0.1) is 0 Å². The van der Waals surface area contributed by atoms with Crippen molar-refractivity contribution < 1.29 is 14.6 Å².